The Bertz CT molecular complexity index is 881. The van der Waals surface area contributed by atoms with Gasteiger partial charge in [0.25, 0.3) is 0 Å². The molecule has 4 heteroatoms. The zero-order valence-corrected chi connectivity index (χ0v) is 12.9. The maximum absolute atomic E-state index is 4.58. The topological polar surface area (TPSA) is 51.6 Å². The Balaban J connectivity index is 2.02. The van der Waals surface area contributed by atoms with Gasteiger partial charge in [-0.2, -0.15) is 0 Å². The van der Waals surface area contributed by atoms with Crippen LogP contribution in [0.2, 0.25) is 0 Å². The van der Waals surface area contributed by atoms with Gasteiger partial charge in [-0.1, -0.05) is 18.2 Å². The smallest absolute Gasteiger partial charge is 0.0986 e. The van der Waals surface area contributed by atoms with Gasteiger partial charge in [-0.15, -0.1) is 0 Å². The highest BCUT2D eigenvalue weighted by Crippen LogP contribution is 2.36. The molecule has 0 radical (unpaired) electrons. The van der Waals surface area contributed by atoms with Crippen molar-refractivity contribution in [3.63, 3.8) is 0 Å². The van der Waals surface area contributed by atoms with Crippen LogP contribution in [0.3, 0.4) is 0 Å². The molecule has 0 unspecified atom stereocenters. The Kier molecular flexibility index (Phi) is 3.78. The highest BCUT2D eigenvalue weighted by molar-refractivity contribution is 5.89. The first-order chi connectivity index (χ1) is 11.9. The fraction of sp³-hybridized carbons (Fsp3) is 0. The van der Waals surface area contributed by atoms with Crippen molar-refractivity contribution in [3.8, 4) is 33.9 Å². The van der Waals surface area contributed by atoms with E-state index in [-0.39, 0.29) is 0 Å². The lowest BCUT2D eigenvalue weighted by atomic mass is 9.98. The molecule has 0 saturated carbocycles. The molecular weight excluding hydrogens is 296 g/mol. The summed E-state index contributed by atoms with van der Waals surface area (Å²) >= 11 is 0. The van der Waals surface area contributed by atoms with E-state index in [0.29, 0.717) is 0 Å². The molecule has 0 atom stereocenters. The van der Waals surface area contributed by atoms with Gasteiger partial charge in [0.15, 0.2) is 0 Å². The second-order valence-corrected chi connectivity index (χ2v) is 5.23. The molecule has 0 N–H and O–H groups in total. The molecule has 0 aliphatic rings. The molecule has 24 heavy (non-hydrogen) atoms. The average molecular weight is 310 g/mol. The lowest BCUT2D eigenvalue weighted by molar-refractivity contribution is 1.22. The van der Waals surface area contributed by atoms with Crippen molar-refractivity contribution in [1.82, 2.24) is 19.9 Å². The Morgan fingerprint density at radius 3 is 1.62 bits per heavy atom. The van der Waals surface area contributed by atoms with Gasteiger partial charge < -0.3 is 0 Å². The molecule has 4 aromatic rings. The molecule has 0 spiro atoms. The molecule has 0 amide bonds. The monoisotopic (exact) mass is 310 g/mol. The van der Waals surface area contributed by atoms with E-state index in [4.69, 9.17) is 0 Å². The lowest BCUT2D eigenvalue weighted by Gasteiger charge is -2.13. The Morgan fingerprint density at radius 2 is 1.04 bits per heavy atom. The summed E-state index contributed by atoms with van der Waals surface area (Å²) in [5, 5.41) is 0. The highest BCUT2D eigenvalue weighted by Gasteiger charge is 2.17. The van der Waals surface area contributed by atoms with E-state index in [0.717, 1.165) is 33.9 Å². The maximum atomic E-state index is 4.58. The summed E-state index contributed by atoms with van der Waals surface area (Å²) in [6, 6.07) is 19.5. The number of aromatic nitrogens is 4. The maximum Gasteiger partial charge on any atom is 0.0986 e. The van der Waals surface area contributed by atoms with Gasteiger partial charge in [0.2, 0.25) is 0 Å². The summed E-state index contributed by atoms with van der Waals surface area (Å²) in [4.78, 5) is 18.1. The van der Waals surface area contributed by atoms with Crippen molar-refractivity contribution < 1.29 is 0 Å². The minimum absolute atomic E-state index is 0.803. The number of hydrogen-bond donors (Lipinski definition) is 0. The Morgan fingerprint density at radius 1 is 0.458 bits per heavy atom. The predicted molar refractivity (Wildman–Crippen MR) is 93.9 cm³/mol. The third kappa shape index (κ3) is 2.65. The highest BCUT2D eigenvalue weighted by atomic mass is 14.8. The van der Waals surface area contributed by atoms with Gasteiger partial charge in [-0.05, 0) is 42.5 Å². The van der Waals surface area contributed by atoms with Crippen LogP contribution in [0.15, 0.2) is 85.5 Å². The van der Waals surface area contributed by atoms with Crippen LogP contribution in [0.1, 0.15) is 0 Å². The zero-order valence-electron chi connectivity index (χ0n) is 12.9. The van der Waals surface area contributed by atoms with E-state index in [2.05, 4.69) is 19.9 Å². The largest absolute Gasteiger partial charge is 0.256 e. The quantitative estimate of drug-likeness (QED) is 0.567. The Labute approximate surface area is 139 Å². The molecule has 114 valence electrons. The number of rotatable bonds is 3. The second-order valence-electron chi connectivity index (χ2n) is 5.23. The molecule has 4 rings (SSSR count). The van der Waals surface area contributed by atoms with Crippen molar-refractivity contribution in [2.45, 2.75) is 0 Å². The first-order valence-corrected chi connectivity index (χ1v) is 7.67. The number of hydrogen-bond acceptors (Lipinski definition) is 4. The van der Waals surface area contributed by atoms with E-state index in [1.54, 1.807) is 24.8 Å². The predicted octanol–water partition coefficient (Wildman–Crippen LogP) is 4.27. The third-order valence-electron chi connectivity index (χ3n) is 3.72. The van der Waals surface area contributed by atoms with Crippen molar-refractivity contribution in [1.29, 1.82) is 0 Å². The van der Waals surface area contributed by atoms with E-state index < -0.39 is 0 Å². The average Bonchev–Trinajstić information content (AvgIpc) is 2.69. The number of nitrogens with zero attached hydrogens (tertiary/aromatic N) is 4. The lowest BCUT2D eigenvalue weighted by Crippen LogP contribution is -1.97. The second kappa shape index (κ2) is 6.38. The Hall–Kier alpha value is -3.40. The van der Waals surface area contributed by atoms with Crippen molar-refractivity contribution in [3.05, 3.63) is 85.5 Å². The SMILES string of the molecule is c1ccc(-c2ccnc(-c3ccccn3)c2-c2ccccn2)nc1. The summed E-state index contributed by atoms with van der Waals surface area (Å²) in [6.45, 7) is 0. The van der Waals surface area contributed by atoms with Gasteiger partial charge in [0.1, 0.15) is 0 Å². The van der Waals surface area contributed by atoms with E-state index in [9.17, 15) is 0 Å². The zero-order chi connectivity index (χ0) is 16.2. The van der Waals surface area contributed by atoms with Gasteiger partial charge >= 0.3 is 0 Å². The van der Waals surface area contributed by atoms with Gasteiger partial charge in [0, 0.05) is 35.9 Å². The van der Waals surface area contributed by atoms with Gasteiger partial charge in [-0.3, -0.25) is 19.9 Å². The molecule has 4 heterocycles. The summed E-state index contributed by atoms with van der Waals surface area (Å²) in [5.41, 5.74) is 5.29. The van der Waals surface area contributed by atoms with Crippen LogP contribution in [0, 0.1) is 0 Å². The fourth-order valence-corrected chi connectivity index (χ4v) is 2.66. The van der Waals surface area contributed by atoms with Crippen LogP contribution in [0.4, 0.5) is 0 Å². The minimum atomic E-state index is 0.803. The van der Waals surface area contributed by atoms with Crippen LogP contribution < -0.4 is 0 Å². The molecule has 0 saturated heterocycles. The molecule has 0 aromatic carbocycles. The molecule has 4 nitrogen and oxygen atoms in total. The normalized spacial score (nSPS) is 10.5. The van der Waals surface area contributed by atoms with Crippen molar-refractivity contribution >= 4 is 0 Å². The molecule has 0 bridgehead atoms. The molecule has 0 fully saturated rings. The summed E-state index contributed by atoms with van der Waals surface area (Å²) in [6.07, 6.45) is 7.14. The summed E-state index contributed by atoms with van der Waals surface area (Å²) in [5.74, 6) is 0. The third-order valence-corrected chi connectivity index (χ3v) is 3.72. The first kappa shape index (κ1) is 14.2. The van der Waals surface area contributed by atoms with Crippen LogP contribution in [0.5, 0.6) is 0 Å². The van der Waals surface area contributed by atoms with Crippen LogP contribution in [0.25, 0.3) is 33.9 Å². The summed E-state index contributed by atoms with van der Waals surface area (Å²) < 4.78 is 0. The molecule has 0 aliphatic heterocycles. The van der Waals surface area contributed by atoms with E-state index >= 15 is 0 Å². The van der Waals surface area contributed by atoms with Crippen LogP contribution in [-0.4, -0.2) is 19.9 Å². The molecule has 0 aliphatic carbocycles. The standard InChI is InChI=1S/C20H14N4/c1-4-11-21-16(7-1)15-10-14-24-20(18-9-3-6-13-23-18)19(15)17-8-2-5-12-22-17/h1-14H. The van der Waals surface area contributed by atoms with E-state index in [1.165, 1.54) is 0 Å². The summed E-state index contributed by atoms with van der Waals surface area (Å²) in [7, 11) is 0. The van der Waals surface area contributed by atoms with Crippen LogP contribution >= 0.6 is 0 Å². The van der Waals surface area contributed by atoms with E-state index in [1.807, 2.05) is 60.7 Å². The minimum Gasteiger partial charge on any atom is -0.256 e. The van der Waals surface area contributed by atoms with Crippen molar-refractivity contribution in [2.24, 2.45) is 0 Å². The van der Waals surface area contributed by atoms with Crippen LogP contribution in [-0.2, 0) is 0 Å². The fourth-order valence-electron chi connectivity index (χ4n) is 2.66. The van der Waals surface area contributed by atoms with Crippen molar-refractivity contribution in [2.75, 3.05) is 0 Å². The van der Waals surface area contributed by atoms with Gasteiger partial charge in [-0.25, -0.2) is 0 Å². The number of pyridine rings is 4. The van der Waals surface area contributed by atoms with Gasteiger partial charge in [0.05, 0.1) is 22.8 Å². The molecule has 4 aromatic heterocycles. The molecular formula is C20H14N4. The first-order valence-electron chi connectivity index (χ1n) is 7.67.